The Morgan fingerprint density at radius 1 is 0.346 bits per heavy atom. The van der Waals surface area contributed by atoms with Crippen molar-refractivity contribution in [2.75, 3.05) is 0 Å². The van der Waals surface area contributed by atoms with Gasteiger partial charge in [0.25, 0.3) is 0 Å². The van der Waals surface area contributed by atoms with Crippen LogP contribution in [0.1, 0.15) is 0 Å². The predicted octanol–water partition coefficient (Wildman–Crippen LogP) is 11.6. The number of hydrogen-bond acceptors (Lipinski definition) is 3. The minimum atomic E-state index is 0.626. The lowest BCUT2D eigenvalue weighted by Gasteiger charge is -2.13. The van der Waals surface area contributed by atoms with Crippen molar-refractivity contribution < 1.29 is 0 Å². The van der Waals surface area contributed by atoms with Crippen molar-refractivity contribution in [3.63, 3.8) is 0 Å². The first kappa shape index (κ1) is 29.8. The second kappa shape index (κ2) is 12.3. The van der Waals surface area contributed by atoms with E-state index in [2.05, 4.69) is 137 Å². The number of para-hydroxylation sites is 2. The quantitative estimate of drug-likeness (QED) is 0.178. The number of hydrogen-bond donors (Lipinski definition) is 0. The molecule has 10 aromatic rings. The third-order valence-electron chi connectivity index (χ3n) is 9.79. The van der Waals surface area contributed by atoms with E-state index < -0.39 is 0 Å². The Morgan fingerprint density at radius 3 is 1.52 bits per heavy atom. The highest BCUT2D eigenvalue weighted by Gasteiger charge is 2.21. The first-order chi connectivity index (χ1) is 25.8. The fourth-order valence-electron chi connectivity index (χ4n) is 7.44. The highest BCUT2D eigenvalue weighted by atomic mass is 15.0. The van der Waals surface area contributed by atoms with E-state index in [0.29, 0.717) is 17.5 Å². The standard InChI is InChI=1S/C47H31N5/c1-5-16-32(17-6-1)43-39-28-29-51(36-23-11-4-12-24-36)41(39)31-42-44(43)38-26-13-14-27-40(38)52(42)37-25-15-22-35(30-37)47-49-45(33-18-7-2-8-19-33)48-46(50-47)34-20-9-3-10-21-34/h1-31H. The Labute approximate surface area is 300 Å². The van der Waals surface area contributed by atoms with Gasteiger partial charge in [0, 0.05) is 56.0 Å². The fourth-order valence-corrected chi connectivity index (χ4v) is 7.44. The molecule has 7 aromatic carbocycles. The van der Waals surface area contributed by atoms with Crippen LogP contribution in [0.2, 0.25) is 0 Å². The lowest BCUT2D eigenvalue weighted by molar-refractivity contribution is 1.07. The predicted molar refractivity (Wildman–Crippen MR) is 213 cm³/mol. The van der Waals surface area contributed by atoms with Gasteiger partial charge in [-0.1, -0.05) is 140 Å². The van der Waals surface area contributed by atoms with Gasteiger partial charge in [0.1, 0.15) is 0 Å². The monoisotopic (exact) mass is 665 g/mol. The van der Waals surface area contributed by atoms with Crippen LogP contribution in [-0.4, -0.2) is 24.1 Å². The molecule has 0 fully saturated rings. The van der Waals surface area contributed by atoms with Crippen LogP contribution >= 0.6 is 0 Å². The molecule has 0 unspecified atom stereocenters. The molecule has 0 aliphatic carbocycles. The number of fused-ring (bicyclic) bond motifs is 4. The highest BCUT2D eigenvalue weighted by molar-refractivity contribution is 6.22. The summed E-state index contributed by atoms with van der Waals surface area (Å²) in [6, 6.07) is 63.4. The van der Waals surface area contributed by atoms with E-state index in [0.717, 1.165) is 44.6 Å². The summed E-state index contributed by atoms with van der Waals surface area (Å²) in [6.07, 6.45) is 2.19. The van der Waals surface area contributed by atoms with Gasteiger partial charge in [-0.25, -0.2) is 15.0 Å². The zero-order valence-corrected chi connectivity index (χ0v) is 28.1. The second-order valence-corrected chi connectivity index (χ2v) is 12.9. The lowest BCUT2D eigenvalue weighted by atomic mass is 9.96. The van der Waals surface area contributed by atoms with Gasteiger partial charge < -0.3 is 9.13 Å². The van der Waals surface area contributed by atoms with E-state index in [-0.39, 0.29) is 0 Å². The molecule has 3 aromatic heterocycles. The van der Waals surface area contributed by atoms with Crippen LogP contribution in [0.25, 0.3) is 89.4 Å². The fraction of sp³-hybridized carbons (Fsp3) is 0. The Hall–Kier alpha value is -7.11. The molecule has 0 atom stereocenters. The molecule has 0 radical (unpaired) electrons. The van der Waals surface area contributed by atoms with Crippen LogP contribution in [-0.2, 0) is 0 Å². The number of rotatable bonds is 6. The molecule has 3 heterocycles. The van der Waals surface area contributed by atoms with Crippen molar-refractivity contribution in [3.05, 3.63) is 188 Å². The first-order valence-corrected chi connectivity index (χ1v) is 17.5. The normalized spacial score (nSPS) is 11.5. The van der Waals surface area contributed by atoms with Crippen molar-refractivity contribution >= 4 is 32.7 Å². The van der Waals surface area contributed by atoms with Crippen LogP contribution < -0.4 is 0 Å². The van der Waals surface area contributed by atoms with E-state index >= 15 is 0 Å². The molecular formula is C47H31N5. The first-order valence-electron chi connectivity index (χ1n) is 17.5. The SMILES string of the molecule is c1ccc(-c2nc(-c3ccccc3)nc(-c3cccc(-n4c5ccccc5c5c(-c6ccccc6)c6ccn(-c7ccccc7)c6cc54)c3)n2)cc1. The summed E-state index contributed by atoms with van der Waals surface area (Å²) in [6.45, 7) is 0. The van der Waals surface area contributed by atoms with Gasteiger partial charge >= 0.3 is 0 Å². The summed E-state index contributed by atoms with van der Waals surface area (Å²) < 4.78 is 4.68. The smallest absolute Gasteiger partial charge is 0.164 e. The summed E-state index contributed by atoms with van der Waals surface area (Å²) in [5.74, 6) is 1.91. The summed E-state index contributed by atoms with van der Waals surface area (Å²) in [5, 5.41) is 3.64. The van der Waals surface area contributed by atoms with Gasteiger partial charge in [-0.2, -0.15) is 0 Å². The largest absolute Gasteiger partial charge is 0.316 e. The molecular weight excluding hydrogens is 635 g/mol. The molecule has 10 rings (SSSR count). The third-order valence-corrected chi connectivity index (χ3v) is 9.79. The van der Waals surface area contributed by atoms with Crippen molar-refractivity contribution in [2.24, 2.45) is 0 Å². The zero-order valence-electron chi connectivity index (χ0n) is 28.1. The Balaban J connectivity index is 1.24. The molecule has 0 spiro atoms. The molecule has 0 aliphatic heterocycles. The maximum Gasteiger partial charge on any atom is 0.164 e. The molecule has 52 heavy (non-hydrogen) atoms. The van der Waals surface area contributed by atoms with Crippen LogP contribution in [0, 0.1) is 0 Å². The second-order valence-electron chi connectivity index (χ2n) is 12.9. The minimum Gasteiger partial charge on any atom is -0.316 e. The van der Waals surface area contributed by atoms with Crippen LogP contribution in [0.3, 0.4) is 0 Å². The highest BCUT2D eigenvalue weighted by Crippen LogP contribution is 2.44. The van der Waals surface area contributed by atoms with E-state index in [1.165, 1.54) is 27.3 Å². The van der Waals surface area contributed by atoms with Crippen LogP contribution in [0.4, 0.5) is 0 Å². The molecule has 0 saturated carbocycles. The van der Waals surface area contributed by atoms with E-state index in [1.807, 2.05) is 60.7 Å². The summed E-state index contributed by atoms with van der Waals surface area (Å²) >= 11 is 0. The summed E-state index contributed by atoms with van der Waals surface area (Å²) in [7, 11) is 0. The Morgan fingerprint density at radius 2 is 0.865 bits per heavy atom. The molecule has 5 nitrogen and oxygen atoms in total. The topological polar surface area (TPSA) is 48.5 Å². The Bertz CT molecular complexity index is 2820. The average Bonchev–Trinajstić information content (AvgIpc) is 3.80. The van der Waals surface area contributed by atoms with E-state index in [9.17, 15) is 0 Å². The van der Waals surface area contributed by atoms with Crippen molar-refractivity contribution in [1.29, 1.82) is 0 Å². The molecule has 0 saturated heterocycles. The van der Waals surface area contributed by atoms with Crippen molar-refractivity contribution in [1.82, 2.24) is 24.1 Å². The van der Waals surface area contributed by atoms with Gasteiger partial charge in [-0.15, -0.1) is 0 Å². The van der Waals surface area contributed by atoms with Gasteiger partial charge in [-0.05, 0) is 48.0 Å². The van der Waals surface area contributed by atoms with Gasteiger partial charge in [-0.3, -0.25) is 0 Å². The number of benzene rings is 7. The summed E-state index contributed by atoms with van der Waals surface area (Å²) in [5.41, 5.74) is 10.8. The summed E-state index contributed by atoms with van der Waals surface area (Å²) in [4.78, 5) is 15.0. The average molecular weight is 666 g/mol. The van der Waals surface area contributed by atoms with Gasteiger partial charge in [0.2, 0.25) is 0 Å². The maximum absolute atomic E-state index is 5.04. The lowest BCUT2D eigenvalue weighted by Crippen LogP contribution is -2.01. The van der Waals surface area contributed by atoms with Crippen molar-refractivity contribution in [3.8, 4) is 56.7 Å². The number of aromatic nitrogens is 5. The van der Waals surface area contributed by atoms with E-state index in [4.69, 9.17) is 15.0 Å². The molecule has 0 bridgehead atoms. The van der Waals surface area contributed by atoms with Crippen LogP contribution in [0.5, 0.6) is 0 Å². The third kappa shape index (κ3) is 4.98. The maximum atomic E-state index is 5.04. The van der Waals surface area contributed by atoms with Gasteiger partial charge in [0.15, 0.2) is 17.5 Å². The molecule has 0 aliphatic rings. The van der Waals surface area contributed by atoms with E-state index in [1.54, 1.807) is 0 Å². The molecule has 5 heteroatoms. The minimum absolute atomic E-state index is 0.626. The number of nitrogens with zero attached hydrogens (tertiary/aromatic N) is 5. The molecule has 244 valence electrons. The zero-order chi connectivity index (χ0) is 34.4. The Kier molecular flexibility index (Phi) is 7.07. The molecule has 0 N–H and O–H groups in total. The van der Waals surface area contributed by atoms with Gasteiger partial charge in [0.05, 0.1) is 16.6 Å². The molecule has 0 amide bonds. The van der Waals surface area contributed by atoms with Crippen molar-refractivity contribution in [2.45, 2.75) is 0 Å². The van der Waals surface area contributed by atoms with Crippen LogP contribution in [0.15, 0.2) is 188 Å².